The van der Waals surface area contributed by atoms with Gasteiger partial charge in [0.25, 0.3) is 0 Å². The molecule has 0 heterocycles. The molecule has 0 aromatic heterocycles. The second kappa shape index (κ2) is 7.86. The van der Waals surface area contributed by atoms with Crippen molar-refractivity contribution in [1.29, 1.82) is 0 Å². The maximum atomic E-state index is 3.60. The Morgan fingerprint density at radius 3 is 2.50 bits per heavy atom. The summed E-state index contributed by atoms with van der Waals surface area (Å²) in [5.41, 5.74) is 1.40. The van der Waals surface area contributed by atoms with Gasteiger partial charge in [0.1, 0.15) is 0 Å². The Morgan fingerprint density at radius 2 is 1.94 bits per heavy atom. The van der Waals surface area contributed by atoms with E-state index in [4.69, 9.17) is 0 Å². The number of alkyl halides is 1. The van der Waals surface area contributed by atoms with Crippen molar-refractivity contribution in [2.24, 2.45) is 5.92 Å². The zero-order valence-corrected chi connectivity index (χ0v) is 11.9. The van der Waals surface area contributed by atoms with Crippen molar-refractivity contribution in [1.82, 2.24) is 4.90 Å². The number of benzene rings is 1. The number of hydrogen-bond donors (Lipinski definition) is 0. The highest BCUT2D eigenvalue weighted by molar-refractivity contribution is 9.09. The third-order valence-electron chi connectivity index (χ3n) is 2.78. The van der Waals surface area contributed by atoms with E-state index < -0.39 is 0 Å². The van der Waals surface area contributed by atoms with Crippen molar-refractivity contribution >= 4 is 15.9 Å². The number of nitrogens with zero attached hydrogens (tertiary/aromatic N) is 1. The summed E-state index contributed by atoms with van der Waals surface area (Å²) in [5.74, 6) is 0.777. The molecule has 0 aliphatic rings. The molecular formula is C14H22BrN. The molecule has 0 amide bonds. The lowest BCUT2D eigenvalue weighted by Gasteiger charge is -2.22. The first-order valence-corrected chi connectivity index (χ1v) is 7.16. The van der Waals surface area contributed by atoms with Crippen LogP contribution in [0, 0.1) is 5.92 Å². The molecular weight excluding hydrogens is 262 g/mol. The summed E-state index contributed by atoms with van der Waals surface area (Å²) in [5, 5.41) is 1.11. The van der Waals surface area contributed by atoms with Gasteiger partial charge in [0.15, 0.2) is 0 Å². The molecule has 1 unspecified atom stereocenters. The van der Waals surface area contributed by atoms with Gasteiger partial charge >= 0.3 is 0 Å². The van der Waals surface area contributed by atoms with Gasteiger partial charge < -0.3 is 4.90 Å². The molecule has 0 N–H and O–H groups in total. The molecule has 1 aromatic carbocycles. The van der Waals surface area contributed by atoms with Crippen LogP contribution in [0.3, 0.4) is 0 Å². The molecule has 1 atom stereocenters. The predicted molar refractivity (Wildman–Crippen MR) is 75.0 cm³/mol. The molecule has 90 valence electrons. The average molecular weight is 284 g/mol. The third-order valence-corrected chi connectivity index (χ3v) is 3.70. The number of rotatable bonds is 7. The lowest BCUT2D eigenvalue weighted by Crippen LogP contribution is -2.26. The van der Waals surface area contributed by atoms with Crippen LogP contribution in [0.2, 0.25) is 0 Å². The van der Waals surface area contributed by atoms with E-state index >= 15 is 0 Å². The Labute approximate surface area is 108 Å². The minimum Gasteiger partial charge on any atom is -0.302 e. The van der Waals surface area contributed by atoms with Crippen molar-refractivity contribution in [3.63, 3.8) is 0 Å². The van der Waals surface area contributed by atoms with Gasteiger partial charge in [-0.25, -0.2) is 0 Å². The van der Waals surface area contributed by atoms with E-state index in [1.807, 2.05) is 0 Å². The summed E-state index contributed by atoms with van der Waals surface area (Å²) in [6.07, 6.45) is 2.58. The van der Waals surface area contributed by atoms with Gasteiger partial charge in [-0.2, -0.15) is 0 Å². The first kappa shape index (κ1) is 13.7. The molecule has 1 rings (SSSR count). The van der Waals surface area contributed by atoms with E-state index in [1.54, 1.807) is 0 Å². The van der Waals surface area contributed by atoms with E-state index in [2.05, 4.69) is 65.1 Å². The third kappa shape index (κ3) is 5.13. The predicted octanol–water partition coefficient (Wildman–Crippen LogP) is 3.93. The van der Waals surface area contributed by atoms with E-state index in [9.17, 15) is 0 Å². The molecule has 0 spiro atoms. The molecule has 0 aliphatic heterocycles. The molecule has 16 heavy (non-hydrogen) atoms. The van der Waals surface area contributed by atoms with Crippen LogP contribution in [0.4, 0.5) is 0 Å². The van der Waals surface area contributed by atoms with Crippen LogP contribution < -0.4 is 0 Å². The van der Waals surface area contributed by atoms with Gasteiger partial charge in [-0.3, -0.25) is 0 Å². The van der Waals surface area contributed by atoms with Gasteiger partial charge in [-0.15, -0.1) is 0 Å². The van der Waals surface area contributed by atoms with Crippen molar-refractivity contribution in [3.05, 3.63) is 35.9 Å². The second-order valence-corrected chi connectivity index (χ2v) is 5.14. The van der Waals surface area contributed by atoms with Gasteiger partial charge in [0.2, 0.25) is 0 Å². The van der Waals surface area contributed by atoms with Gasteiger partial charge in [-0.05, 0) is 24.9 Å². The summed E-state index contributed by atoms with van der Waals surface area (Å²) in [7, 11) is 2.21. The maximum absolute atomic E-state index is 3.60. The van der Waals surface area contributed by atoms with Crippen LogP contribution >= 0.6 is 15.9 Å². The molecule has 0 saturated carbocycles. The standard InChI is InChI=1S/C14H22BrN/c1-3-7-14(10-15)12-16(2)11-13-8-5-4-6-9-13/h4-6,8-9,14H,3,7,10-12H2,1-2H3. The summed E-state index contributed by atoms with van der Waals surface area (Å²) < 4.78 is 0. The summed E-state index contributed by atoms with van der Waals surface area (Å²) in [6, 6.07) is 10.7. The molecule has 2 heteroatoms. The van der Waals surface area contributed by atoms with E-state index in [0.29, 0.717) is 0 Å². The second-order valence-electron chi connectivity index (χ2n) is 4.49. The minimum atomic E-state index is 0.777. The van der Waals surface area contributed by atoms with E-state index in [0.717, 1.165) is 17.8 Å². The van der Waals surface area contributed by atoms with Gasteiger partial charge in [0.05, 0.1) is 0 Å². The Balaban J connectivity index is 2.37. The fraction of sp³-hybridized carbons (Fsp3) is 0.571. The Bertz CT molecular complexity index is 273. The lowest BCUT2D eigenvalue weighted by molar-refractivity contribution is 0.273. The molecule has 1 nitrogen and oxygen atoms in total. The number of hydrogen-bond acceptors (Lipinski definition) is 1. The fourth-order valence-corrected chi connectivity index (χ4v) is 2.55. The van der Waals surface area contributed by atoms with Crippen molar-refractivity contribution < 1.29 is 0 Å². The topological polar surface area (TPSA) is 3.24 Å². The molecule has 0 saturated heterocycles. The Morgan fingerprint density at radius 1 is 1.25 bits per heavy atom. The van der Waals surface area contributed by atoms with Crippen LogP contribution in [-0.4, -0.2) is 23.8 Å². The van der Waals surface area contributed by atoms with Crippen LogP contribution in [0.5, 0.6) is 0 Å². The quantitative estimate of drug-likeness (QED) is 0.686. The summed E-state index contributed by atoms with van der Waals surface area (Å²) >= 11 is 3.60. The smallest absolute Gasteiger partial charge is 0.0230 e. The highest BCUT2D eigenvalue weighted by atomic mass is 79.9. The fourth-order valence-electron chi connectivity index (χ4n) is 2.03. The number of halogens is 1. The van der Waals surface area contributed by atoms with Crippen molar-refractivity contribution in [2.75, 3.05) is 18.9 Å². The van der Waals surface area contributed by atoms with Crippen LogP contribution in [0.25, 0.3) is 0 Å². The zero-order chi connectivity index (χ0) is 11.8. The monoisotopic (exact) mass is 283 g/mol. The highest BCUT2D eigenvalue weighted by Crippen LogP contribution is 2.12. The lowest BCUT2D eigenvalue weighted by atomic mass is 10.1. The van der Waals surface area contributed by atoms with Gasteiger partial charge in [-0.1, -0.05) is 59.6 Å². The van der Waals surface area contributed by atoms with E-state index in [1.165, 1.54) is 24.9 Å². The van der Waals surface area contributed by atoms with Crippen LogP contribution in [-0.2, 0) is 6.54 Å². The van der Waals surface area contributed by atoms with Crippen LogP contribution in [0.15, 0.2) is 30.3 Å². The first-order valence-electron chi connectivity index (χ1n) is 6.04. The Kier molecular flexibility index (Phi) is 6.74. The van der Waals surface area contributed by atoms with Gasteiger partial charge in [0, 0.05) is 18.4 Å². The van der Waals surface area contributed by atoms with Crippen molar-refractivity contribution in [2.45, 2.75) is 26.3 Å². The van der Waals surface area contributed by atoms with E-state index in [-0.39, 0.29) is 0 Å². The minimum absolute atomic E-state index is 0.777. The highest BCUT2D eigenvalue weighted by Gasteiger charge is 2.09. The zero-order valence-electron chi connectivity index (χ0n) is 10.3. The molecule has 0 radical (unpaired) electrons. The van der Waals surface area contributed by atoms with Crippen LogP contribution in [0.1, 0.15) is 25.3 Å². The molecule has 1 aromatic rings. The Hall–Kier alpha value is -0.340. The first-order chi connectivity index (χ1) is 7.76. The SMILES string of the molecule is CCCC(CBr)CN(C)Cc1ccccc1. The largest absolute Gasteiger partial charge is 0.302 e. The maximum Gasteiger partial charge on any atom is 0.0230 e. The van der Waals surface area contributed by atoms with Crippen molar-refractivity contribution in [3.8, 4) is 0 Å². The molecule has 0 fully saturated rings. The molecule has 0 bridgehead atoms. The summed E-state index contributed by atoms with van der Waals surface area (Å²) in [6.45, 7) is 4.48. The summed E-state index contributed by atoms with van der Waals surface area (Å²) in [4.78, 5) is 2.41. The molecule has 0 aliphatic carbocycles. The normalized spacial score (nSPS) is 13.0. The average Bonchev–Trinajstić information content (AvgIpc) is 2.29.